The van der Waals surface area contributed by atoms with Crippen LogP contribution in [0.3, 0.4) is 0 Å². The lowest BCUT2D eigenvalue weighted by Crippen LogP contribution is -2.19. The van der Waals surface area contributed by atoms with E-state index in [1.54, 1.807) is 6.92 Å². The zero-order valence-electron chi connectivity index (χ0n) is 10.4. The Morgan fingerprint density at radius 2 is 1.83 bits per heavy atom. The van der Waals surface area contributed by atoms with Crippen molar-refractivity contribution in [2.24, 2.45) is 0 Å². The Morgan fingerprint density at radius 1 is 1.28 bits per heavy atom. The molecule has 1 atom stereocenters. The number of aliphatic hydroxyl groups excluding tert-OH is 1. The molecule has 0 amide bonds. The predicted molar refractivity (Wildman–Crippen MR) is 62.4 cm³/mol. The number of alkyl halides is 2. The number of halogens is 2. The topological polar surface area (TPSA) is 38.7 Å². The van der Waals surface area contributed by atoms with Crippen LogP contribution in [0.4, 0.5) is 8.78 Å². The third kappa shape index (κ3) is 2.72. The van der Waals surface area contributed by atoms with Crippen molar-refractivity contribution in [1.82, 2.24) is 0 Å². The Labute approximate surface area is 104 Å². The van der Waals surface area contributed by atoms with Crippen LogP contribution in [0.15, 0.2) is 12.1 Å². The highest BCUT2D eigenvalue weighted by atomic mass is 19.3. The SMILES string of the molecule is CC(O)Cc1cc2c(cc1C(C)(F)F)OCCO2. The van der Waals surface area contributed by atoms with Gasteiger partial charge in [-0.1, -0.05) is 0 Å². The first-order valence-electron chi connectivity index (χ1n) is 5.87. The molecule has 3 nitrogen and oxygen atoms in total. The highest BCUT2D eigenvalue weighted by Crippen LogP contribution is 2.39. The molecule has 5 heteroatoms. The normalized spacial score (nSPS) is 16.5. The highest BCUT2D eigenvalue weighted by molar-refractivity contribution is 5.49. The van der Waals surface area contributed by atoms with Gasteiger partial charge in [-0.25, -0.2) is 8.78 Å². The molecular formula is C13H16F2O3. The van der Waals surface area contributed by atoms with Crippen LogP contribution in [-0.2, 0) is 12.3 Å². The van der Waals surface area contributed by atoms with Crippen molar-refractivity contribution in [3.05, 3.63) is 23.3 Å². The zero-order chi connectivity index (χ0) is 13.3. The minimum absolute atomic E-state index is 0.118. The van der Waals surface area contributed by atoms with Gasteiger partial charge in [-0.2, -0.15) is 0 Å². The largest absolute Gasteiger partial charge is 0.486 e. The Kier molecular flexibility index (Phi) is 3.43. The molecule has 1 unspecified atom stereocenters. The maximum absolute atomic E-state index is 13.6. The van der Waals surface area contributed by atoms with Crippen LogP contribution in [0.25, 0.3) is 0 Å². The van der Waals surface area contributed by atoms with E-state index in [9.17, 15) is 13.9 Å². The van der Waals surface area contributed by atoms with Gasteiger partial charge in [0.15, 0.2) is 11.5 Å². The van der Waals surface area contributed by atoms with E-state index in [0.717, 1.165) is 6.92 Å². The van der Waals surface area contributed by atoms with Crippen LogP contribution >= 0.6 is 0 Å². The number of benzene rings is 1. The monoisotopic (exact) mass is 258 g/mol. The minimum Gasteiger partial charge on any atom is -0.486 e. The average Bonchev–Trinajstić information content (AvgIpc) is 2.26. The van der Waals surface area contributed by atoms with Crippen LogP contribution in [-0.4, -0.2) is 24.4 Å². The summed E-state index contributed by atoms with van der Waals surface area (Å²) in [6.45, 7) is 3.17. The molecule has 1 heterocycles. The molecule has 2 rings (SSSR count). The fourth-order valence-electron chi connectivity index (χ4n) is 2.03. The summed E-state index contributed by atoms with van der Waals surface area (Å²) in [7, 11) is 0. The van der Waals surface area contributed by atoms with Gasteiger partial charge in [0.1, 0.15) is 13.2 Å². The molecule has 0 saturated carbocycles. The first kappa shape index (κ1) is 13.1. The standard InChI is InChI=1S/C13H16F2O3/c1-8(16)5-9-6-11-12(18-4-3-17-11)7-10(9)13(2,14)15/h6-8,16H,3-5H2,1-2H3. The second-order valence-electron chi connectivity index (χ2n) is 4.59. The van der Waals surface area contributed by atoms with E-state index >= 15 is 0 Å². The third-order valence-electron chi connectivity index (χ3n) is 2.76. The van der Waals surface area contributed by atoms with Crippen molar-refractivity contribution in [3.63, 3.8) is 0 Å². The molecule has 1 aromatic rings. The van der Waals surface area contributed by atoms with Crippen molar-refractivity contribution in [2.75, 3.05) is 13.2 Å². The Morgan fingerprint density at radius 3 is 2.33 bits per heavy atom. The van der Waals surface area contributed by atoms with Gasteiger partial charge in [-0.3, -0.25) is 0 Å². The van der Waals surface area contributed by atoms with Crippen molar-refractivity contribution in [3.8, 4) is 11.5 Å². The molecule has 1 aliphatic rings. The molecule has 0 saturated heterocycles. The summed E-state index contributed by atoms with van der Waals surface area (Å²) in [6, 6.07) is 2.85. The summed E-state index contributed by atoms with van der Waals surface area (Å²) in [5.41, 5.74) is 0.273. The van der Waals surface area contributed by atoms with Crippen molar-refractivity contribution in [1.29, 1.82) is 0 Å². The van der Waals surface area contributed by atoms with E-state index in [2.05, 4.69) is 0 Å². The molecule has 100 valence electrons. The molecule has 1 aliphatic heterocycles. The van der Waals surface area contributed by atoms with E-state index in [1.165, 1.54) is 12.1 Å². The summed E-state index contributed by atoms with van der Waals surface area (Å²) >= 11 is 0. The van der Waals surface area contributed by atoms with Crippen LogP contribution < -0.4 is 9.47 Å². The second-order valence-corrected chi connectivity index (χ2v) is 4.59. The fourth-order valence-corrected chi connectivity index (χ4v) is 2.03. The lowest BCUT2D eigenvalue weighted by Gasteiger charge is -2.23. The lowest BCUT2D eigenvalue weighted by molar-refractivity contribution is 0.0155. The van der Waals surface area contributed by atoms with Gasteiger partial charge in [-0.15, -0.1) is 0 Å². The van der Waals surface area contributed by atoms with Crippen LogP contribution in [0, 0.1) is 0 Å². The predicted octanol–water partition coefficient (Wildman–Crippen LogP) is 2.49. The van der Waals surface area contributed by atoms with E-state index in [-0.39, 0.29) is 12.0 Å². The van der Waals surface area contributed by atoms with Gasteiger partial charge in [0.2, 0.25) is 0 Å². The summed E-state index contributed by atoms with van der Waals surface area (Å²) < 4.78 is 37.8. The third-order valence-corrected chi connectivity index (χ3v) is 2.76. The highest BCUT2D eigenvalue weighted by Gasteiger charge is 2.30. The first-order valence-corrected chi connectivity index (χ1v) is 5.87. The first-order chi connectivity index (χ1) is 8.38. The van der Waals surface area contributed by atoms with Crippen molar-refractivity contribution >= 4 is 0 Å². The molecule has 1 N–H and O–H groups in total. The molecule has 0 aromatic heterocycles. The van der Waals surface area contributed by atoms with E-state index in [4.69, 9.17) is 9.47 Å². The number of hydrogen-bond donors (Lipinski definition) is 1. The summed E-state index contributed by atoms with van der Waals surface area (Å²) in [5, 5.41) is 9.38. The minimum atomic E-state index is -2.97. The van der Waals surface area contributed by atoms with Crippen molar-refractivity contribution in [2.45, 2.75) is 32.3 Å². The Balaban J connectivity index is 2.47. The second kappa shape index (κ2) is 4.72. The smallest absolute Gasteiger partial charge is 0.270 e. The fraction of sp³-hybridized carbons (Fsp3) is 0.538. The summed E-state index contributed by atoms with van der Waals surface area (Å²) in [6.07, 6.45) is -0.524. The number of hydrogen-bond acceptors (Lipinski definition) is 3. The Hall–Kier alpha value is -1.36. The summed E-state index contributed by atoms with van der Waals surface area (Å²) in [5.74, 6) is -2.17. The molecule has 18 heavy (non-hydrogen) atoms. The Bertz CT molecular complexity index is 439. The number of aliphatic hydroxyl groups is 1. The molecule has 0 aliphatic carbocycles. The number of rotatable bonds is 3. The van der Waals surface area contributed by atoms with Gasteiger partial charge in [0.05, 0.1) is 6.10 Å². The van der Waals surface area contributed by atoms with E-state index in [0.29, 0.717) is 30.3 Å². The summed E-state index contributed by atoms with van der Waals surface area (Å²) in [4.78, 5) is 0. The van der Waals surface area contributed by atoms with Crippen LogP contribution in [0.5, 0.6) is 11.5 Å². The van der Waals surface area contributed by atoms with Crippen LogP contribution in [0.1, 0.15) is 25.0 Å². The average molecular weight is 258 g/mol. The molecule has 0 spiro atoms. The number of ether oxygens (including phenoxy) is 2. The van der Waals surface area contributed by atoms with Gasteiger partial charge < -0.3 is 14.6 Å². The molecule has 0 radical (unpaired) electrons. The molecule has 0 fully saturated rings. The van der Waals surface area contributed by atoms with Gasteiger partial charge >= 0.3 is 0 Å². The van der Waals surface area contributed by atoms with E-state index < -0.39 is 12.0 Å². The lowest BCUT2D eigenvalue weighted by atomic mass is 9.97. The zero-order valence-corrected chi connectivity index (χ0v) is 10.4. The molecule has 0 bridgehead atoms. The number of fused-ring (bicyclic) bond motifs is 1. The maximum Gasteiger partial charge on any atom is 0.270 e. The molecular weight excluding hydrogens is 242 g/mol. The van der Waals surface area contributed by atoms with Gasteiger partial charge in [-0.05, 0) is 31.0 Å². The van der Waals surface area contributed by atoms with Gasteiger partial charge in [0, 0.05) is 12.5 Å². The molecule has 1 aromatic carbocycles. The van der Waals surface area contributed by atoms with Crippen molar-refractivity contribution < 1.29 is 23.4 Å². The van der Waals surface area contributed by atoms with Gasteiger partial charge in [0.25, 0.3) is 5.92 Å². The van der Waals surface area contributed by atoms with E-state index in [1.807, 2.05) is 0 Å². The maximum atomic E-state index is 13.6. The van der Waals surface area contributed by atoms with Crippen LogP contribution in [0.2, 0.25) is 0 Å². The quantitative estimate of drug-likeness (QED) is 0.905.